The van der Waals surface area contributed by atoms with Gasteiger partial charge in [-0.2, -0.15) is 0 Å². The quantitative estimate of drug-likeness (QED) is 0.779. The summed E-state index contributed by atoms with van der Waals surface area (Å²) >= 11 is 0. The van der Waals surface area contributed by atoms with Gasteiger partial charge in [0.05, 0.1) is 6.61 Å². The SMILES string of the molecule is Cc1ccc(C)c(OCC2CCOCC2)c1. The van der Waals surface area contributed by atoms with Gasteiger partial charge in [0.1, 0.15) is 5.75 Å². The molecular weight excluding hydrogens is 200 g/mol. The van der Waals surface area contributed by atoms with Gasteiger partial charge in [-0.05, 0) is 49.8 Å². The number of rotatable bonds is 3. The Balaban J connectivity index is 1.90. The maximum Gasteiger partial charge on any atom is 0.122 e. The molecule has 1 aliphatic heterocycles. The molecule has 0 radical (unpaired) electrons. The molecule has 16 heavy (non-hydrogen) atoms. The van der Waals surface area contributed by atoms with Gasteiger partial charge in [0.2, 0.25) is 0 Å². The van der Waals surface area contributed by atoms with Gasteiger partial charge < -0.3 is 9.47 Å². The molecule has 0 atom stereocenters. The average Bonchev–Trinajstić information content (AvgIpc) is 2.32. The third-order valence-electron chi connectivity index (χ3n) is 3.16. The Labute approximate surface area is 97.6 Å². The van der Waals surface area contributed by atoms with E-state index in [1.54, 1.807) is 0 Å². The Kier molecular flexibility index (Phi) is 3.83. The van der Waals surface area contributed by atoms with Gasteiger partial charge in [-0.15, -0.1) is 0 Å². The minimum absolute atomic E-state index is 0.661. The lowest BCUT2D eigenvalue weighted by molar-refractivity contribution is 0.0496. The van der Waals surface area contributed by atoms with Crippen LogP contribution in [-0.4, -0.2) is 19.8 Å². The minimum Gasteiger partial charge on any atom is -0.493 e. The number of benzene rings is 1. The van der Waals surface area contributed by atoms with Crippen LogP contribution in [-0.2, 0) is 4.74 Å². The summed E-state index contributed by atoms with van der Waals surface area (Å²) in [5, 5.41) is 0. The van der Waals surface area contributed by atoms with E-state index in [-0.39, 0.29) is 0 Å². The molecule has 0 aromatic heterocycles. The monoisotopic (exact) mass is 220 g/mol. The summed E-state index contributed by atoms with van der Waals surface area (Å²) in [5.74, 6) is 1.69. The van der Waals surface area contributed by atoms with Gasteiger partial charge in [-0.25, -0.2) is 0 Å². The van der Waals surface area contributed by atoms with Crippen LogP contribution in [0.25, 0.3) is 0 Å². The van der Waals surface area contributed by atoms with Crippen molar-refractivity contribution in [2.45, 2.75) is 26.7 Å². The highest BCUT2D eigenvalue weighted by atomic mass is 16.5. The molecule has 0 N–H and O–H groups in total. The highest BCUT2D eigenvalue weighted by Crippen LogP contribution is 2.22. The summed E-state index contributed by atoms with van der Waals surface area (Å²) in [6.45, 7) is 6.80. The zero-order valence-electron chi connectivity index (χ0n) is 10.2. The largest absolute Gasteiger partial charge is 0.493 e. The highest BCUT2D eigenvalue weighted by molar-refractivity contribution is 5.35. The normalized spacial score (nSPS) is 17.4. The van der Waals surface area contributed by atoms with Gasteiger partial charge in [0.15, 0.2) is 0 Å². The zero-order chi connectivity index (χ0) is 11.4. The molecule has 1 aliphatic rings. The maximum atomic E-state index is 5.90. The van der Waals surface area contributed by atoms with Crippen molar-refractivity contribution < 1.29 is 9.47 Å². The summed E-state index contributed by atoms with van der Waals surface area (Å²) in [6, 6.07) is 6.36. The Morgan fingerprint density at radius 1 is 1.25 bits per heavy atom. The van der Waals surface area contributed by atoms with Crippen molar-refractivity contribution in [1.29, 1.82) is 0 Å². The summed E-state index contributed by atoms with van der Waals surface area (Å²) < 4.78 is 11.2. The van der Waals surface area contributed by atoms with E-state index in [0.717, 1.165) is 38.4 Å². The van der Waals surface area contributed by atoms with Crippen molar-refractivity contribution in [3.05, 3.63) is 29.3 Å². The molecular formula is C14H20O2. The van der Waals surface area contributed by atoms with E-state index in [4.69, 9.17) is 9.47 Å². The Hall–Kier alpha value is -1.02. The molecule has 0 aliphatic carbocycles. The first-order chi connectivity index (χ1) is 7.75. The Morgan fingerprint density at radius 3 is 2.75 bits per heavy atom. The van der Waals surface area contributed by atoms with E-state index in [1.165, 1.54) is 11.1 Å². The molecule has 1 fully saturated rings. The molecule has 2 rings (SSSR count). The third-order valence-corrected chi connectivity index (χ3v) is 3.16. The molecule has 1 aromatic rings. The molecule has 0 spiro atoms. The van der Waals surface area contributed by atoms with Crippen molar-refractivity contribution in [2.75, 3.05) is 19.8 Å². The first kappa shape index (κ1) is 11.5. The molecule has 0 bridgehead atoms. The molecule has 1 aromatic carbocycles. The van der Waals surface area contributed by atoms with Gasteiger partial charge in [-0.3, -0.25) is 0 Å². The third kappa shape index (κ3) is 2.99. The van der Waals surface area contributed by atoms with Gasteiger partial charge in [-0.1, -0.05) is 12.1 Å². The number of aryl methyl sites for hydroxylation is 2. The van der Waals surface area contributed by atoms with Crippen LogP contribution in [0.3, 0.4) is 0 Å². The van der Waals surface area contributed by atoms with Gasteiger partial charge in [0.25, 0.3) is 0 Å². The molecule has 88 valence electrons. The van der Waals surface area contributed by atoms with Gasteiger partial charge >= 0.3 is 0 Å². The minimum atomic E-state index is 0.661. The Morgan fingerprint density at radius 2 is 2.00 bits per heavy atom. The predicted molar refractivity (Wildman–Crippen MR) is 65.0 cm³/mol. The summed E-state index contributed by atoms with van der Waals surface area (Å²) in [5.41, 5.74) is 2.48. The fourth-order valence-electron chi connectivity index (χ4n) is 1.98. The molecule has 2 nitrogen and oxygen atoms in total. The molecule has 1 heterocycles. The molecule has 0 unspecified atom stereocenters. The van der Waals surface area contributed by atoms with Crippen LogP contribution < -0.4 is 4.74 Å². The summed E-state index contributed by atoms with van der Waals surface area (Å²) in [4.78, 5) is 0. The van der Waals surface area contributed by atoms with E-state index in [0.29, 0.717) is 5.92 Å². The Bertz CT molecular complexity index is 341. The molecule has 0 amide bonds. The fourth-order valence-corrected chi connectivity index (χ4v) is 1.98. The highest BCUT2D eigenvalue weighted by Gasteiger charge is 2.14. The fraction of sp³-hybridized carbons (Fsp3) is 0.571. The number of ether oxygens (including phenoxy) is 2. The smallest absolute Gasteiger partial charge is 0.122 e. The maximum absolute atomic E-state index is 5.90. The van der Waals surface area contributed by atoms with E-state index in [2.05, 4.69) is 32.0 Å². The predicted octanol–water partition coefficient (Wildman–Crippen LogP) is 3.11. The number of hydrogen-bond donors (Lipinski definition) is 0. The second kappa shape index (κ2) is 5.35. The van der Waals surface area contributed by atoms with Gasteiger partial charge in [0, 0.05) is 13.2 Å². The zero-order valence-corrected chi connectivity index (χ0v) is 10.2. The second-order valence-corrected chi connectivity index (χ2v) is 4.64. The van der Waals surface area contributed by atoms with Crippen molar-refractivity contribution in [1.82, 2.24) is 0 Å². The first-order valence-corrected chi connectivity index (χ1v) is 6.03. The van der Waals surface area contributed by atoms with Crippen LogP contribution >= 0.6 is 0 Å². The molecule has 1 saturated heterocycles. The lowest BCUT2D eigenvalue weighted by atomic mass is 10.0. The van der Waals surface area contributed by atoms with Crippen molar-refractivity contribution in [3.63, 3.8) is 0 Å². The average molecular weight is 220 g/mol. The van der Waals surface area contributed by atoms with Crippen molar-refractivity contribution >= 4 is 0 Å². The van der Waals surface area contributed by atoms with Crippen LogP contribution in [0.4, 0.5) is 0 Å². The summed E-state index contributed by atoms with van der Waals surface area (Å²) in [7, 11) is 0. The lowest BCUT2D eigenvalue weighted by Crippen LogP contribution is -2.21. The number of hydrogen-bond acceptors (Lipinski definition) is 2. The van der Waals surface area contributed by atoms with E-state index in [9.17, 15) is 0 Å². The van der Waals surface area contributed by atoms with Crippen LogP contribution in [0.1, 0.15) is 24.0 Å². The van der Waals surface area contributed by atoms with Crippen LogP contribution in [0, 0.1) is 19.8 Å². The van der Waals surface area contributed by atoms with Crippen molar-refractivity contribution in [3.8, 4) is 5.75 Å². The topological polar surface area (TPSA) is 18.5 Å². The van der Waals surface area contributed by atoms with Crippen LogP contribution in [0.15, 0.2) is 18.2 Å². The molecule has 0 saturated carbocycles. The first-order valence-electron chi connectivity index (χ1n) is 6.03. The standard InChI is InChI=1S/C14H20O2/c1-11-3-4-12(2)14(9-11)16-10-13-5-7-15-8-6-13/h3-4,9,13H,5-8,10H2,1-2H3. The summed E-state index contributed by atoms with van der Waals surface area (Å²) in [6.07, 6.45) is 2.26. The second-order valence-electron chi connectivity index (χ2n) is 4.64. The van der Waals surface area contributed by atoms with Crippen molar-refractivity contribution in [2.24, 2.45) is 5.92 Å². The van der Waals surface area contributed by atoms with E-state index >= 15 is 0 Å². The van der Waals surface area contributed by atoms with E-state index < -0.39 is 0 Å². The molecule has 2 heteroatoms. The lowest BCUT2D eigenvalue weighted by Gasteiger charge is -2.22. The van der Waals surface area contributed by atoms with Crippen LogP contribution in [0.5, 0.6) is 5.75 Å². The van der Waals surface area contributed by atoms with E-state index in [1.807, 2.05) is 0 Å². The van der Waals surface area contributed by atoms with Crippen LogP contribution in [0.2, 0.25) is 0 Å².